The van der Waals surface area contributed by atoms with Gasteiger partial charge in [-0.15, -0.1) is 0 Å². The minimum Gasteiger partial charge on any atom is -0.359 e. The molecule has 2 atom stereocenters. The van der Waals surface area contributed by atoms with Crippen molar-refractivity contribution in [2.75, 3.05) is 10.6 Å². The van der Waals surface area contributed by atoms with Gasteiger partial charge in [0.2, 0.25) is 5.91 Å². The molecule has 2 amide bonds. The monoisotopic (exact) mass is 599 g/mol. The van der Waals surface area contributed by atoms with Crippen LogP contribution in [0.1, 0.15) is 75.5 Å². The second kappa shape index (κ2) is 12.8. The fraction of sp³-hybridized carbons (Fsp3) is 0.243. The standard InChI is InChI=1S/C37H37N5O3/c1-4-33(43)39-29-16-17-30-25(20-29)11-7-13-27(30)22-42-35-24(3)10-6-12-26(36(44)32-15-8-18-38-32)21-31(35)34(41-42)37(45)40-28-14-5-9-23(2)19-28/h4-5,7-9,11,13-20,24,26,38H,1,6,10,12,21-22H2,2-3H3,(H,39,43)(H,40,45)/t24?,26-/m1/s1. The largest absolute Gasteiger partial charge is 0.359 e. The highest BCUT2D eigenvalue weighted by molar-refractivity contribution is 6.04. The Kier molecular flexibility index (Phi) is 8.47. The third kappa shape index (κ3) is 6.36. The highest BCUT2D eigenvalue weighted by Gasteiger charge is 2.33. The molecule has 0 fully saturated rings. The summed E-state index contributed by atoms with van der Waals surface area (Å²) in [6.45, 7) is 8.16. The summed E-state index contributed by atoms with van der Waals surface area (Å²) in [6, 6.07) is 23.2. The molecule has 0 spiro atoms. The van der Waals surface area contributed by atoms with Crippen LogP contribution in [0.2, 0.25) is 0 Å². The molecule has 0 bridgehead atoms. The smallest absolute Gasteiger partial charge is 0.276 e. The second-order valence-corrected chi connectivity index (χ2v) is 11.9. The summed E-state index contributed by atoms with van der Waals surface area (Å²) >= 11 is 0. The number of aryl methyl sites for hydroxylation is 1. The van der Waals surface area contributed by atoms with Crippen LogP contribution in [0, 0.1) is 12.8 Å². The number of nitrogens with zero attached hydrogens (tertiary/aromatic N) is 2. The van der Waals surface area contributed by atoms with E-state index in [9.17, 15) is 14.4 Å². The summed E-state index contributed by atoms with van der Waals surface area (Å²) in [5.74, 6) is -0.606. The van der Waals surface area contributed by atoms with Crippen LogP contribution in [-0.2, 0) is 17.8 Å². The topological polar surface area (TPSA) is 109 Å². The van der Waals surface area contributed by atoms with Crippen LogP contribution in [0.15, 0.2) is 91.6 Å². The quantitative estimate of drug-likeness (QED) is 0.127. The Balaban J connectivity index is 1.42. The third-order valence-electron chi connectivity index (χ3n) is 8.67. The first-order valence-electron chi connectivity index (χ1n) is 15.4. The van der Waals surface area contributed by atoms with E-state index < -0.39 is 0 Å². The van der Waals surface area contributed by atoms with Crippen molar-refractivity contribution in [1.29, 1.82) is 0 Å². The van der Waals surface area contributed by atoms with Gasteiger partial charge in [-0.1, -0.05) is 56.3 Å². The number of aromatic nitrogens is 3. The molecule has 2 heterocycles. The molecule has 1 aliphatic carbocycles. The zero-order valence-electron chi connectivity index (χ0n) is 25.6. The van der Waals surface area contributed by atoms with Crippen LogP contribution < -0.4 is 10.6 Å². The molecule has 3 aromatic carbocycles. The third-order valence-corrected chi connectivity index (χ3v) is 8.67. The number of H-pyrrole nitrogens is 1. The lowest BCUT2D eigenvalue weighted by atomic mass is 9.81. The van der Waals surface area contributed by atoms with E-state index in [1.165, 1.54) is 6.08 Å². The van der Waals surface area contributed by atoms with Crippen molar-refractivity contribution in [3.63, 3.8) is 0 Å². The summed E-state index contributed by atoms with van der Waals surface area (Å²) in [7, 11) is 0. The van der Waals surface area contributed by atoms with Crippen molar-refractivity contribution in [3.8, 4) is 0 Å². The summed E-state index contributed by atoms with van der Waals surface area (Å²) in [5.41, 5.74) is 6.27. The van der Waals surface area contributed by atoms with Crippen LogP contribution >= 0.6 is 0 Å². The average molecular weight is 600 g/mol. The highest BCUT2D eigenvalue weighted by atomic mass is 16.2. The van der Waals surface area contributed by atoms with Gasteiger partial charge in [-0.3, -0.25) is 19.1 Å². The van der Waals surface area contributed by atoms with E-state index in [1.54, 1.807) is 6.20 Å². The second-order valence-electron chi connectivity index (χ2n) is 11.9. The first kappa shape index (κ1) is 29.8. The lowest BCUT2D eigenvalue weighted by Gasteiger charge is -2.24. The van der Waals surface area contributed by atoms with Crippen LogP contribution in [0.4, 0.5) is 11.4 Å². The van der Waals surface area contributed by atoms with Crippen molar-refractivity contribution in [2.24, 2.45) is 5.92 Å². The SMILES string of the molecule is C=CC(=O)Nc1ccc2c(Cn3nc(C(=O)Nc4cccc(C)c4)c4c3C(C)CCC[C@@H](C(=O)c3ccc[nH]3)C4)cccc2c1. The number of amides is 2. The van der Waals surface area contributed by atoms with Crippen LogP contribution in [-0.4, -0.2) is 32.4 Å². The number of anilines is 2. The molecule has 1 aliphatic rings. The Morgan fingerprint density at radius 2 is 1.82 bits per heavy atom. The Hall–Kier alpha value is -5.24. The Morgan fingerprint density at radius 3 is 2.60 bits per heavy atom. The molecule has 0 saturated carbocycles. The number of carbonyl (C=O) groups excluding carboxylic acids is 3. The predicted molar refractivity (Wildman–Crippen MR) is 178 cm³/mol. The van der Waals surface area contributed by atoms with Crippen LogP contribution in [0.3, 0.4) is 0 Å². The van der Waals surface area contributed by atoms with Gasteiger partial charge in [0.25, 0.3) is 5.91 Å². The number of Topliss-reactive ketones (excluding diaryl/α,β-unsaturated/α-hetero) is 1. The highest BCUT2D eigenvalue weighted by Crippen LogP contribution is 2.36. The van der Waals surface area contributed by atoms with Gasteiger partial charge in [-0.2, -0.15) is 5.10 Å². The molecule has 8 heteroatoms. The lowest BCUT2D eigenvalue weighted by molar-refractivity contribution is -0.111. The van der Waals surface area contributed by atoms with E-state index in [4.69, 9.17) is 5.10 Å². The maximum Gasteiger partial charge on any atom is 0.276 e. The van der Waals surface area contributed by atoms with Gasteiger partial charge in [-0.25, -0.2) is 0 Å². The van der Waals surface area contributed by atoms with E-state index in [-0.39, 0.29) is 29.4 Å². The van der Waals surface area contributed by atoms with Crippen molar-refractivity contribution >= 4 is 39.7 Å². The predicted octanol–water partition coefficient (Wildman–Crippen LogP) is 7.43. The summed E-state index contributed by atoms with van der Waals surface area (Å²) in [5, 5.41) is 12.9. The number of ketones is 1. The first-order valence-corrected chi connectivity index (χ1v) is 15.4. The van der Waals surface area contributed by atoms with Crippen molar-refractivity contribution in [1.82, 2.24) is 14.8 Å². The van der Waals surface area contributed by atoms with Crippen molar-refractivity contribution in [3.05, 3.63) is 125 Å². The number of nitrogens with one attached hydrogen (secondary N) is 3. The minimum atomic E-state index is -0.282. The molecule has 8 nitrogen and oxygen atoms in total. The number of benzene rings is 3. The number of fused-ring (bicyclic) bond motifs is 2. The summed E-state index contributed by atoms with van der Waals surface area (Å²) in [6.07, 6.45) is 5.99. The van der Waals surface area contributed by atoms with Gasteiger partial charge < -0.3 is 15.6 Å². The van der Waals surface area contributed by atoms with Crippen LogP contribution in [0.25, 0.3) is 10.8 Å². The molecule has 0 aliphatic heterocycles. The fourth-order valence-electron chi connectivity index (χ4n) is 6.49. The average Bonchev–Trinajstić information content (AvgIpc) is 3.68. The molecular weight excluding hydrogens is 562 g/mol. The number of hydrogen-bond donors (Lipinski definition) is 3. The number of rotatable bonds is 8. The fourth-order valence-corrected chi connectivity index (χ4v) is 6.49. The molecule has 6 rings (SSSR count). The lowest BCUT2D eigenvalue weighted by Crippen LogP contribution is -2.23. The maximum absolute atomic E-state index is 13.9. The van der Waals surface area contributed by atoms with Crippen LogP contribution in [0.5, 0.6) is 0 Å². The molecule has 0 radical (unpaired) electrons. The number of aromatic amines is 1. The van der Waals surface area contributed by atoms with Gasteiger partial charge in [0, 0.05) is 34.7 Å². The van der Waals surface area contributed by atoms with E-state index in [1.807, 2.05) is 78.3 Å². The Labute approximate surface area is 262 Å². The molecule has 2 aromatic heterocycles. The first-order chi connectivity index (χ1) is 21.8. The molecule has 228 valence electrons. The molecule has 0 saturated heterocycles. The summed E-state index contributed by atoms with van der Waals surface area (Å²) < 4.78 is 1.97. The molecular formula is C37H37N5O3. The van der Waals surface area contributed by atoms with E-state index in [0.717, 1.165) is 52.4 Å². The van der Waals surface area contributed by atoms with E-state index in [2.05, 4.69) is 35.2 Å². The minimum absolute atomic E-state index is 0.0618. The zero-order valence-corrected chi connectivity index (χ0v) is 25.6. The Bertz CT molecular complexity index is 1900. The summed E-state index contributed by atoms with van der Waals surface area (Å²) in [4.78, 5) is 42.5. The number of carbonyl (C=O) groups is 3. The number of hydrogen-bond acceptors (Lipinski definition) is 4. The van der Waals surface area contributed by atoms with Crippen molar-refractivity contribution in [2.45, 2.75) is 52.0 Å². The van der Waals surface area contributed by atoms with Crippen molar-refractivity contribution < 1.29 is 14.4 Å². The van der Waals surface area contributed by atoms with Gasteiger partial charge in [0.05, 0.1) is 12.2 Å². The maximum atomic E-state index is 13.9. The van der Waals surface area contributed by atoms with Gasteiger partial charge >= 0.3 is 0 Å². The van der Waals surface area contributed by atoms with Gasteiger partial charge in [0.15, 0.2) is 11.5 Å². The molecule has 5 aromatic rings. The zero-order chi connectivity index (χ0) is 31.5. The molecule has 1 unspecified atom stereocenters. The van der Waals surface area contributed by atoms with E-state index in [0.29, 0.717) is 35.7 Å². The Morgan fingerprint density at radius 1 is 1.00 bits per heavy atom. The normalized spacial score (nSPS) is 16.3. The molecule has 45 heavy (non-hydrogen) atoms. The van der Waals surface area contributed by atoms with Gasteiger partial charge in [0.1, 0.15) is 0 Å². The van der Waals surface area contributed by atoms with Gasteiger partial charge in [-0.05, 0) is 96.5 Å². The van der Waals surface area contributed by atoms with E-state index >= 15 is 0 Å². The molecule has 3 N–H and O–H groups in total.